The lowest BCUT2D eigenvalue weighted by Crippen LogP contribution is -2.16. The fraction of sp³-hybridized carbons (Fsp3) is 0.643. The van der Waals surface area contributed by atoms with Crippen molar-refractivity contribution < 1.29 is 4.79 Å². The van der Waals surface area contributed by atoms with Gasteiger partial charge < -0.3 is 0 Å². The molecule has 0 fully saturated rings. The van der Waals surface area contributed by atoms with Gasteiger partial charge in [0.2, 0.25) is 0 Å². The van der Waals surface area contributed by atoms with Gasteiger partial charge in [0, 0.05) is 5.57 Å². The van der Waals surface area contributed by atoms with Gasteiger partial charge in [-0.1, -0.05) is 40.2 Å². The maximum absolute atomic E-state index is 11.6. The van der Waals surface area contributed by atoms with E-state index >= 15 is 0 Å². The number of hydrogen-bond acceptors (Lipinski definition) is 1. The van der Waals surface area contributed by atoms with Crippen LogP contribution in [0.25, 0.3) is 0 Å². The minimum Gasteiger partial charge on any atom is -0.294 e. The molecule has 0 aliphatic rings. The number of Topliss-reactive ketones (excluding diaryl/α,β-unsaturated/α-hetero) is 1. The summed E-state index contributed by atoms with van der Waals surface area (Å²) in [5.74, 6) is 0.113. The van der Waals surface area contributed by atoms with Crippen LogP contribution in [0.2, 0.25) is 0 Å². The van der Waals surface area contributed by atoms with E-state index in [9.17, 15) is 4.79 Å². The Balaban J connectivity index is 5.23. The average Bonchev–Trinajstić information content (AvgIpc) is 2.13. The minimum absolute atomic E-state index is 0.0562. The van der Waals surface area contributed by atoms with E-state index in [4.69, 9.17) is 0 Å². The Bertz CT molecular complexity index is 295. The van der Waals surface area contributed by atoms with Gasteiger partial charge in [-0.25, -0.2) is 0 Å². The van der Waals surface area contributed by atoms with Gasteiger partial charge in [0.25, 0.3) is 0 Å². The first-order valence-electron chi connectivity index (χ1n) is 5.91. The Morgan fingerprint density at radius 2 is 1.81 bits per heavy atom. The van der Waals surface area contributed by atoms with E-state index in [2.05, 4.69) is 36.6 Å². The molecule has 0 saturated heterocycles. The quantitative estimate of drug-likeness (QED) is 0.379. The largest absolute Gasteiger partial charge is 0.294 e. The lowest BCUT2D eigenvalue weighted by atomic mass is 9.83. The van der Waals surface area contributed by atoms with Crippen molar-refractivity contribution in [1.29, 1.82) is 0 Å². The summed E-state index contributed by atoms with van der Waals surface area (Å²) in [5.41, 5.74) is 1.72. The first-order valence-corrected chi connectivity index (χ1v) is 6.48. The molecule has 92 valence electrons. The van der Waals surface area contributed by atoms with Crippen molar-refractivity contribution in [3.8, 4) is 0 Å². The van der Waals surface area contributed by atoms with E-state index in [-0.39, 0.29) is 11.2 Å². The lowest BCUT2D eigenvalue weighted by Gasteiger charge is -2.28. The predicted molar refractivity (Wildman–Crippen MR) is 75.5 cm³/mol. The zero-order valence-corrected chi connectivity index (χ0v) is 12.5. The lowest BCUT2D eigenvalue weighted by molar-refractivity contribution is -0.113. The molecule has 0 amide bonds. The Morgan fingerprint density at radius 3 is 2.12 bits per heavy atom. The Hall–Kier alpha value is -0.420. The van der Waals surface area contributed by atoms with Crippen molar-refractivity contribution in [2.45, 2.75) is 53.9 Å². The number of allylic oxidation sites excluding steroid dienone is 3. The van der Waals surface area contributed by atoms with Crippen LogP contribution in [0.4, 0.5) is 0 Å². The van der Waals surface area contributed by atoms with Crippen LogP contribution in [0.5, 0.6) is 0 Å². The molecule has 0 radical (unpaired) electrons. The maximum Gasteiger partial charge on any atom is 0.160 e. The fourth-order valence-corrected chi connectivity index (χ4v) is 2.41. The first-order chi connectivity index (χ1) is 7.24. The molecule has 1 nitrogen and oxygen atoms in total. The smallest absolute Gasteiger partial charge is 0.160 e. The van der Waals surface area contributed by atoms with E-state index in [1.807, 2.05) is 6.92 Å². The highest BCUT2D eigenvalue weighted by atomic mass is 31.0. The fourth-order valence-electron chi connectivity index (χ4n) is 1.81. The molecule has 0 aliphatic carbocycles. The summed E-state index contributed by atoms with van der Waals surface area (Å²) in [4.78, 5) is 11.6. The number of rotatable bonds is 6. The highest BCUT2D eigenvalue weighted by Crippen LogP contribution is 2.40. The average molecular weight is 240 g/mol. The molecule has 0 bridgehead atoms. The number of hydrogen-bond donors (Lipinski definition) is 0. The highest BCUT2D eigenvalue weighted by Gasteiger charge is 2.24. The summed E-state index contributed by atoms with van der Waals surface area (Å²) >= 11 is 0. The molecular formula is C14H25OP. The second kappa shape index (κ2) is 6.35. The van der Waals surface area contributed by atoms with Gasteiger partial charge in [-0.15, -0.1) is 9.24 Å². The van der Waals surface area contributed by atoms with Crippen LogP contribution < -0.4 is 0 Å². The molecule has 0 aliphatic heterocycles. The summed E-state index contributed by atoms with van der Waals surface area (Å²) in [6.07, 6.45) is 3.47. The number of carbonyl (C=O) groups is 1. The van der Waals surface area contributed by atoms with Crippen LogP contribution in [0.15, 0.2) is 23.0 Å². The van der Waals surface area contributed by atoms with Crippen molar-refractivity contribution in [2.24, 2.45) is 5.41 Å². The van der Waals surface area contributed by atoms with Gasteiger partial charge in [-0.3, -0.25) is 4.79 Å². The molecule has 0 rings (SSSR count). The molecule has 0 aromatic rings. The van der Waals surface area contributed by atoms with E-state index in [1.165, 1.54) is 12.8 Å². The second-order valence-electron chi connectivity index (χ2n) is 5.11. The van der Waals surface area contributed by atoms with Gasteiger partial charge >= 0.3 is 0 Å². The third-order valence-corrected chi connectivity index (χ3v) is 4.00. The van der Waals surface area contributed by atoms with Crippen molar-refractivity contribution in [3.63, 3.8) is 0 Å². The molecule has 0 saturated carbocycles. The number of ketones is 1. The molecule has 1 unspecified atom stereocenters. The van der Waals surface area contributed by atoms with Gasteiger partial charge in [-0.2, -0.15) is 0 Å². The van der Waals surface area contributed by atoms with Gasteiger partial charge in [0.15, 0.2) is 5.78 Å². The molecular weight excluding hydrogens is 215 g/mol. The molecule has 0 N–H and O–H groups in total. The molecule has 2 heteroatoms. The second-order valence-corrected chi connectivity index (χ2v) is 5.69. The Morgan fingerprint density at radius 1 is 1.31 bits per heavy atom. The van der Waals surface area contributed by atoms with Crippen LogP contribution in [-0.4, -0.2) is 5.78 Å². The van der Waals surface area contributed by atoms with E-state index in [1.54, 1.807) is 6.92 Å². The van der Waals surface area contributed by atoms with Crippen LogP contribution in [0.3, 0.4) is 0 Å². The van der Waals surface area contributed by atoms with Gasteiger partial charge in [0.1, 0.15) is 0 Å². The van der Waals surface area contributed by atoms with Crippen molar-refractivity contribution in [3.05, 3.63) is 23.0 Å². The molecule has 0 aromatic heterocycles. The molecule has 0 spiro atoms. The zero-order chi connectivity index (χ0) is 12.9. The van der Waals surface area contributed by atoms with E-state index in [0.29, 0.717) is 0 Å². The maximum atomic E-state index is 11.6. The van der Waals surface area contributed by atoms with Crippen molar-refractivity contribution >= 4 is 15.0 Å². The SMILES string of the molecule is C=C(C)/C(C(C)=O)=C(\P)C(C)(C)CCCC. The summed E-state index contributed by atoms with van der Waals surface area (Å²) in [5, 5.41) is 1.10. The first kappa shape index (κ1) is 15.6. The Labute approximate surface area is 103 Å². The predicted octanol–water partition coefficient (Wildman–Crippen LogP) is 4.50. The summed E-state index contributed by atoms with van der Waals surface area (Å²) < 4.78 is 0. The molecule has 0 aromatic carbocycles. The highest BCUT2D eigenvalue weighted by molar-refractivity contribution is 7.22. The van der Waals surface area contributed by atoms with Crippen LogP contribution in [-0.2, 0) is 4.79 Å². The summed E-state index contributed by atoms with van der Waals surface area (Å²) in [7, 11) is 2.75. The third kappa shape index (κ3) is 4.22. The minimum atomic E-state index is 0.0562. The van der Waals surface area contributed by atoms with Gasteiger partial charge in [-0.05, 0) is 36.6 Å². The summed E-state index contributed by atoms with van der Waals surface area (Å²) in [6.45, 7) is 14.0. The molecule has 16 heavy (non-hydrogen) atoms. The monoisotopic (exact) mass is 240 g/mol. The number of carbonyl (C=O) groups excluding carboxylic acids is 1. The molecule has 0 heterocycles. The number of unbranched alkanes of at least 4 members (excludes halogenated alkanes) is 1. The van der Waals surface area contributed by atoms with Crippen LogP contribution >= 0.6 is 9.24 Å². The van der Waals surface area contributed by atoms with E-state index in [0.717, 1.165) is 22.9 Å². The molecule has 1 atom stereocenters. The zero-order valence-electron chi connectivity index (χ0n) is 11.3. The van der Waals surface area contributed by atoms with Crippen molar-refractivity contribution in [2.75, 3.05) is 0 Å². The van der Waals surface area contributed by atoms with Crippen LogP contribution in [0, 0.1) is 5.41 Å². The summed E-state index contributed by atoms with van der Waals surface area (Å²) in [6, 6.07) is 0. The van der Waals surface area contributed by atoms with Crippen molar-refractivity contribution in [1.82, 2.24) is 0 Å². The normalized spacial score (nSPS) is 13.4. The van der Waals surface area contributed by atoms with Gasteiger partial charge in [0.05, 0.1) is 0 Å². The standard InChI is InChI=1S/C14H25OP/c1-7-8-9-14(5,6)13(16)12(10(2)3)11(4)15/h2,7-9,16H2,1,3-6H3/b13-12+. The topological polar surface area (TPSA) is 17.1 Å². The Kier molecular flexibility index (Phi) is 6.18. The van der Waals surface area contributed by atoms with Crippen LogP contribution in [0.1, 0.15) is 53.9 Å². The third-order valence-electron chi connectivity index (χ3n) is 2.93. The van der Waals surface area contributed by atoms with E-state index < -0.39 is 0 Å².